The van der Waals surface area contributed by atoms with Crippen molar-refractivity contribution in [3.63, 3.8) is 0 Å². The molecule has 6 heteroatoms. The lowest BCUT2D eigenvalue weighted by molar-refractivity contribution is -0.137. The molecule has 6 nitrogen and oxygen atoms in total. The second kappa shape index (κ2) is 13.0. The molecule has 0 aromatic carbocycles. The highest BCUT2D eigenvalue weighted by Gasteiger charge is 2.35. The van der Waals surface area contributed by atoms with E-state index in [9.17, 15) is 20.1 Å². The highest BCUT2D eigenvalue weighted by atomic mass is 16.5. The van der Waals surface area contributed by atoms with Crippen molar-refractivity contribution in [2.24, 2.45) is 0 Å². The summed E-state index contributed by atoms with van der Waals surface area (Å²) in [5, 5.41) is 38.7. The van der Waals surface area contributed by atoms with Gasteiger partial charge in [-0.1, -0.05) is 44.1 Å². The molecule has 150 valence electrons. The normalized spacial score (nSPS) is 25.9. The number of allylic oxidation sites excluding steroid dienone is 1. The van der Waals surface area contributed by atoms with Gasteiger partial charge in [0, 0.05) is 12.8 Å². The lowest BCUT2D eigenvalue weighted by Gasteiger charge is -2.16. The van der Waals surface area contributed by atoms with Gasteiger partial charge >= 0.3 is 5.97 Å². The number of aliphatic hydroxyl groups is 3. The first-order valence-corrected chi connectivity index (χ1v) is 9.68. The predicted molar refractivity (Wildman–Crippen MR) is 99.8 cm³/mol. The Kier molecular flexibility index (Phi) is 11.4. The fourth-order valence-corrected chi connectivity index (χ4v) is 2.96. The molecule has 0 aromatic rings. The minimum absolute atomic E-state index is 0.0215. The van der Waals surface area contributed by atoms with E-state index < -0.39 is 36.5 Å². The Bertz CT molecular complexity index is 448. The summed E-state index contributed by atoms with van der Waals surface area (Å²) < 4.78 is 5.70. The summed E-state index contributed by atoms with van der Waals surface area (Å²) in [6, 6.07) is 0. The number of hydrogen-bond donors (Lipinski definition) is 4. The van der Waals surface area contributed by atoms with Crippen molar-refractivity contribution in [3.05, 3.63) is 24.3 Å². The number of rotatable bonds is 13. The van der Waals surface area contributed by atoms with Crippen molar-refractivity contribution in [1.82, 2.24) is 0 Å². The van der Waals surface area contributed by atoms with Gasteiger partial charge in [-0.3, -0.25) is 4.79 Å². The summed E-state index contributed by atoms with van der Waals surface area (Å²) in [5.74, 6) is -0.882. The van der Waals surface area contributed by atoms with E-state index in [0.717, 1.165) is 12.8 Å². The van der Waals surface area contributed by atoms with Crippen molar-refractivity contribution in [2.75, 3.05) is 0 Å². The number of carbonyl (C=O) groups is 1. The molecular weight excluding hydrogens is 336 g/mol. The maximum Gasteiger partial charge on any atom is 0.303 e. The number of unbranched alkanes of at least 4 members (excludes halogenated alkanes) is 3. The maximum atomic E-state index is 10.5. The Morgan fingerprint density at radius 1 is 1.23 bits per heavy atom. The summed E-state index contributed by atoms with van der Waals surface area (Å²) in [5.41, 5.74) is 0. The number of aliphatic hydroxyl groups excluding tert-OH is 3. The molecule has 0 spiro atoms. The van der Waals surface area contributed by atoms with Gasteiger partial charge < -0.3 is 25.2 Å². The van der Waals surface area contributed by atoms with Crippen LogP contribution in [0.5, 0.6) is 0 Å². The van der Waals surface area contributed by atoms with Crippen molar-refractivity contribution >= 4 is 5.97 Å². The summed E-state index contributed by atoms with van der Waals surface area (Å²) in [6.45, 7) is 2.16. The lowest BCUT2D eigenvalue weighted by atomic mass is 10.0. The Balaban J connectivity index is 2.32. The second-order valence-electron chi connectivity index (χ2n) is 6.95. The van der Waals surface area contributed by atoms with E-state index in [1.807, 2.05) is 6.08 Å². The lowest BCUT2D eigenvalue weighted by Crippen LogP contribution is -2.25. The van der Waals surface area contributed by atoms with E-state index in [2.05, 4.69) is 13.0 Å². The van der Waals surface area contributed by atoms with Crippen LogP contribution < -0.4 is 0 Å². The molecular formula is C20H34O6. The second-order valence-corrected chi connectivity index (χ2v) is 6.95. The molecule has 5 atom stereocenters. The fourth-order valence-electron chi connectivity index (χ4n) is 2.96. The van der Waals surface area contributed by atoms with Gasteiger partial charge in [0.25, 0.3) is 0 Å². The Hall–Kier alpha value is -1.21. The summed E-state index contributed by atoms with van der Waals surface area (Å²) >= 11 is 0. The Labute approximate surface area is 156 Å². The highest BCUT2D eigenvalue weighted by Crippen LogP contribution is 2.25. The minimum Gasteiger partial charge on any atom is -0.481 e. The molecule has 0 saturated carbocycles. The van der Waals surface area contributed by atoms with Crippen LogP contribution in [0.1, 0.15) is 64.7 Å². The summed E-state index contributed by atoms with van der Waals surface area (Å²) in [6.07, 6.45) is 10.2. The number of aliphatic carboxylic acids is 1. The van der Waals surface area contributed by atoms with Gasteiger partial charge in [-0.2, -0.15) is 0 Å². The zero-order valence-corrected chi connectivity index (χ0v) is 15.7. The quantitative estimate of drug-likeness (QED) is 0.293. The average molecular weight is 370 g/mol. The van der Waals surface area contributed by atoms with Crippen LogP contribution >= 0.6 is 0 Å². The molecule has 1 rings (SSSR count). The number of hydrogen-bond acceptors (Lipinski definition) is 5. The fraction of sp³-hybridized carbons (Fsp3) is 0.750. The molecule has 1 aliphatic heterocycles. The molecule has 0 radical (unpaired) electrons. The van der Waals surface area contributed by atoms with Gasteiger partial charge in [0.15, 0.2) is 0 Å². The molecule has 0 bridgehead atoms. The van der Waals surface area contributed by atoms with Gasteiger partial charge in [-0.15, -0.1) is 0 Å². The zero-order valence-electron chi connectivity index (χ0n) is 15.7. The van der Waals surface area contributed by atoms with E-state index in [1.165, 1.54) is 18.9 Å². The predicted octanol–water partition coefficient (Wildman–Crippen LogP) is 2.56. The van der Waals surface area contributed by atoms with E-state index in [4.69, 9.17) is 9.84 Å². The molecule has 4 N–H and O–H groups in total. The Morgan fingerprint density at radius 3 is 2.69 bits per heavy atom. The van der Waals surface area contributed by atoms with Crippen molar-refractivity contribution in [3.8, 4) is 0 Å². The minimum atomic E-state index is -0.882. The number of carboxylic acids is 1. The Morgan fingerprint density at radius 2 is 2.00 bits per heavy atom. The first-order chi connectivity index (χ1) is 12.4. The molecule has 26 heavy (non-hydrogen) atoms. The topological polar surface area (TPSA) is 107 Å². The van der Waals surface area contributed by atoms with Crippen LogP contribution in [0, 0.1) is 0 Å². The van der Waals surface area contributed by atoms with Crippen LogP contribution in [-0.2, 0) is 9.53 Å². The monoisotopic (exact) mass is 370 g/mol. The van der Waals surface area contributed by atoms with Crippen molar-refractivity contribution < 1.29 is 30.0 Å². The van der Waals surface area contributed by atoms with Gasteiger partial charge in [0.05, 0.1) is 24.4 Å². The maximum absolute atomic E-state index is 10.5. The van der Waals surface area contributed by atoms with Crippen LogP contribution in [0.15, 0.2) is 24.3 Å². The van der Waals surface area contributed by atoms with Gasteiger partial charge in [0.2, 0.25) is 0 Å². The third kappa shape index (κ3) is 9.48. The van der Waals surface area contributed by atoms with Crippen molar-refractivity contribution in [2.45, 2.75) is 95.2 Å². The molecule has 0 unspecified atom stereocenters. The number of carboxylic acid groups (broad SMARTS) is 1. The zero-order chi connectivity index (χ0) is 19.4. The highest BCUT2D eigenvalue weighted by molar-refractivity contribution is 5.66. The molecule has 1 heterocycles. The summed E-state index contributed by atoms with van der Waals surface area (Å²) in [4.78, 5) is 10.5. The van der Waals surface area contributed by atoms with E-state index in [1.54, 1.807) is 6.08 Å². The molecule has 1 aliphatic rings. The van der Waals surface area contributed by atoms with E-state index in [0.29, 0.717) is 25.7 Å². The summed E-state index contributed by atoms with van der Waals surface area (Å²) in [7, 11) is 0. The molecule has 1 saturated heterocycles. The van der Waals surface area contributed by atoms with Gasteiger partial charge in [-0.25, -0.2) is 0 Å². The molecule has 0 amide bonds. The third-order valence-electron chi connectivity index (χ3n) is 4.55. The van der Waals surface area contributed by atoms with E-state index in [-0.39, 0.29) is 6.42 Å². The first-order valence-electron chi connectivity index (χ1n) is 9.68. The SMILES string of the molecule is CCCCC/C=C\C[C@@H](O)[C@@H]1C[C@@H](O)[C@H](/C=C/[C@H](O)CCCC(=O)O)O1. The largest absolute Gasteiger partial charge is 0.481 e. The first kappa shape index (κ1) is 22.8. The van der Waals surface area contributed by atoms with Crippen LogP contribution in [0.25, 0.3) is 0 Å². The third-order valence-corrected chi connectivity index (χ3v) is 4.55. The average Bonchev–Trinajstić information content (AvgIpc) is 2.96. The van der Waals surface area contributed by atoms with Crippen molar-refractivity contribution in [1.29, 1.82) is 0 Å². The number of ether oxygens (including phenoxy) is 1. The van der Waals surface area contributed by atoms with Gasteiger partial charge in [-0.05, 0) is 32.1 Å². The van der Waals surface area contributed by atoms with Gasteiger partial charge in [0.1, 0.15) is 6.10 Å². The molecule has 0 aromatic heterocycles. The van der Waals surface area contributed by atoms with Crippen LogP contribution in [-0.4, -0.2) is 56.9 Å². The molecule has 0 aliphatic carbocycles. The standard InChI is InChI=1S/C20H34O6/c1-2-3-4-5-6-7-10-16(22)19-14-17(23)18(26-19)13-12-15(21)9-8-11-20(24)25/h6-7,12-13,15-19,21-23H,2-5,8-11,14H2,1H3,(H,24,25)/b7-6-,13-12+/t15-,16-,17-,18+,19+/m1/s1. The van der Waals surface area contributed by atoms with Crippen LogP contribution in [0.3, 0.4) is 0 Å². The van der Waals surface area contributed by atoms with E-state index >= 15 is 0 Å². The van der Waals surface area contributed by atoms with Crippen LogP contribution in [0.2, 0.25) is 0 Å². The smallest absolute Gasteiger partial charge is 0.303 e. The van der Waals surface area contributed by atoms with Crippen LogP contribution in [0.4, 0.5) is 0 Å². The molecule has 1 fully saturated rings.